The molecule has 1 unspecified atom stereocenters. The number of H-pyrrole nitrogens is 1. The molecule has 1 atom stereocenters. The van der Waals surface area contributed by atoms with E-state index >= 15 is 0 Å². The number of nitrogens with zero attached hydrogens (tertiary/aromatic N) is 5. The fraction of sp³-hybridized carbons (Fsp3) is 0.647. The van der Waals surface area contributed by atoms with Gasteiger partial charge >= 0.3 is 0 Å². The van der Waals surface area contributed by atoms with Gasteiger partial charge in [0, 0.05) is 38.2 Å². The first kappa shape index (κ1) is 15.4. The fourth-order valence-electron chi connectivity index (χ4n) is 3.53. The Bertz CT molecular complexity index is 744. The molecule has 1 saturated carbocycles. The van der Waals surface area contributed by atoms with Crippen molar-refractivity contribution < 1.29 is 4.79 Å². The highest BCUT2D eigenvalue weighted by Gasteiger charge is 2.32. The van der Waals surface area contributed by atoms with Crippen molar-refractivity contribution in [2.24, 2.45) is 7.05 Å². The van der Waals surface area contributed by atoms with Crippen LogP contribution in [0.5, 0.6) is 0 Å². The van der Waals surface area contributed by atoms with Gasteiger partial charge in [-0.3, -0.25) is 14.6 Å². The van der Waals surface area contributed by atoms with Gasteiger partial charge in [-0.2, -0.15) is 10.2 Å². The SMILES string of the molecule is CCc1nn(C)cc1C(=O)N1CCCC(c2n[nH]c(C3CC3)n2)C1. The highest BCUT2D eigenvalue weighted by atomic mass is 16.2. The summed E-state index contributed by atoms with van der Waals surface area (Å²) in [5.74, 6) is 2.79. The second-order valence-electron chi connectivity index (χ2n) is 6.96. The number of aryl methyl sites for hydroxylation is 2. The third-order valence-electron chi connectivity index (χ3n) is 5.03. The van der Waals surface area contributed by atoms with E-state index in [9.17, 15) is 4.79 Å². The van der Waals surface area contributed by atoms with Gasteiger partial charge in [0.05, 0.1) is 11.3 Å². The quantitative estimate of drug-likeness (QED) is 0.931. The van der Waals surface area contributed by atoms with E-state index in [1.54, 1.807) is 4.68 Å². The molecule has 1 N–H and O–H groups in total. The zero-order valence-electron chi connectivity index (χ0n) is 14.3. The van der Waals surface area contributed by atoms with Gasteiger partial charge in [-0.15, -0.1) is 0 Å². The van der Waals surface area contributed by atoms with Gasteiger partial charge in [-0.25, -0.2) is 4.98 Å². The lowest BCUT2D eigenvalue weighted by atomic mass is 9.96. The molecule has 1 aliphatic carbocycles. The maximum absolute atomic E-state index is 12.9. The van der Waals surface area contributed by atoms with Crippen LogP contribution in [0.2, 0.25) is 0 Å². The summed E-state index contributed by atoms with van der Waals surface area (Å²) >= 11 is 0. The number of likely N-dealkylation sites (tertiary alicyclic amines) is 1. The Balaban J connectivity index is 1.50. The molecule has 0 bridgehead atoms. The lowest BCUT2D eigenvalue weighted by molar-refractivity contribution is 0.0703. The molecule has 2 aliphatic rings. The van der Waals surface area contributed by atoms with Gasteiger partial charge in [0.15, 0.2) is 5.82 Å². The Morgan fingerprint density at radius 1 is 1.33 bits per heavy atom. The zero-order valence-corrected chi connectivity index (χ0v) is 14.3. The smallest absolute Gasteiger partial charge is 0.257 e. The summed E-state index contributed by atoms with van der Waals surface area (Å²) in [5, 5.41) is 11.9. The number of rotatable bonds is 4. The molecule has 3 heterocycles. The lowest BCUT2D eigenvalue weighted by Gasteiger charge is -2.31. The predicted octanol–water partition coefficient (Wildman–Crippen LogP) is 2.00. The van der Waals surface area contributed by atoms with Crippen LogP contribution in [-0.2, 0) is 13.5 Å². The average molecular weight is 328 g/mol. The highest BCUT2D eigenvalue weighted by molar-refractivity contribution is 5.95. The van der Waals surface area contributed by atoms with Gasteiger partial charge in [-0.05, 0) is 32.1 Å². The van der Waals surface area contributed by atoms with Crippen LogP contribution in [0.1, 0.15) is 72.1 Å². The van der Waals surface area contributed by atoms with Crippen LogP contribution in [0.25, 0.3) is 0 Å². The normalized spacial score (nSPS) is 21.2. The van der Waals surface area contributed by atoms with Crippen LogP contribution >= 0.6 is 0 Å². The van der Waals surface area contributed by atoms with Crippen molar-refractivity contribution in [3.63, 3.8) is 0 Å². The van der Waals surface area contributed by atoms with Gasteiger partial charge in [-0.1, -0.05) is 6.92 Å². The third-order valence-corrected chi connectivity index (χ3v) is 5.03. The molecule has 1 amide bonds. The minimum absolute atomic E-state index is 0.0857. The van der Waals surface area contributed by atoms with E-state index in [2.05, 4.69) is 20.3 Å². The molecule has 24 heavy (non-hydrogen) atoms. The topological polar surface area (TPSA) is 79.7 Å². The van der Waals surface area contributed by atoms with Crippen molar-refractivity contribution in [3.05, 3.63) is 29.1 Å². The van der Waals surface area contributed by atoms with Crippen LogP contribution in [0.4, 0.5) is 0 Å². The van der Waals surface area contributed by atoms with E-state index in [1.165, 1.54) is 12.8 Å². The first-order valence-corrected chi connectivity index (χ1v) is 8.89. The number of nitrogens with one attached hydrogen (secondary N) is 1. The highest BCUT2D eigenvalue weighted by Crippen LogP contribution is 2.38. The maximum atomic E-state index is 12.9. The van der Waals surface area contributed by atoms with Crippen molar-refractivity contribution in [2.75, 3.05) is 13.1 Å². The first-order valence-electron chi connectivity index (χ1n) is 8.89. The van der Waals surface area contributed by atoms with Crippen LogP contribution in [-0.4, -0.2) is 48.9 Å². The summed E-state index contributed by atoms with van der Waals surface area (Å²) in [6.45, 7) is 3.53. The third kappa shape index (κ3) is 2.83. The number of aromatic nitrogens is 5. The van der Waals surface area contributed by atoms with E-state index < -0.39 is 0 Å². The molecular weight excluding hydrogens is 304 g/mol. The second-order valence-corrected chi connectivity index (χ2v) is 6.96. The van der Waals surface area contributed by atoms with Crippen LogP contribution < -0.4 is 0 Å². The number of carbonyl (C=O) groups is 1. The zero-order chi connectivity index (χ0) is 16.7. The summed E-state index contributed by atoms with van der Waals surface area (Å²) in [4.78, 5) is 19.5. The Labute approximate surface area is 141 Å². The standard InChI is InChI=1S/C17H24N6O/c1-3-14-13(10-22(2)21-14)17(24)23-8-4-5-12(9-23)16-18-15(19-20-16)11-6-7-11/h10-12H,3-9H2,1-2H3,(H,18,19,20). The van der Waals surface area contributed by atoms with E-state index in [0.717, 1.165) is 48.7 Å². The number of aromatic amines is 1. The summed E-state index contributed by atoms with van der Waals surface area (Å²) in [6, 6.07) is 0. The maximum Gasteiger partial charge on any atom is 0.257 e. The molecule has 2 aromatic rings. The molecule has 4 rings (SSSR count). The van der Waals surface area contributed by atoms with Crippen molar-refractivity contribution in [1.82, 2.24) is 29.9 Å². The van der Waals surface area contributed by atoms with Gasteiger partial charge in [0.25, 0.3) is 5.91 Å². The van der Waals surface area contributed by atoms with Gasteiger partial charge in [0.2, 0.25) is 0 Å². The Morgan fingerprint density at radius 3 is 2.92 bits per heavy atom. The van der Waals surface area contributed by atoms with Crippen molar-refractivity contribution in [2.45, 2.75) is 50.9 Å². The Hall–Kier alpha value is -2.18. The largest absolute Gasteiger partial charge is 0.338 e. The molecule has 7 heteroatoms. The van der Waals surface area contributed by atoms with Gasteiger partial charge in [0.1, 0.15) is 5.82 Å². The Morgan fingerprint density at radius 2 is 2.17 bits per heavy atom. The van der Waals surface area contributed by atoms with Crippen LogP contribution in [0.3, 0.4) is 0 Å². The van der Waals surface area contributed by atoms with Crippen molar-refractivity contribution >= 4 is 5.91 Å². The number of piperidine rings is 1. The molecule has 1 saturated heterocycles. The second kappa shape index (κ2) is 6.03. The summed E-state index contributed by atoms with van der Waals surface area (Å²) in [7, 11) is 1.86. The molecule has 2 aromatic heterocycles. The molecule has 0 radical (unpaired) electrons. The number of hydrogen-bond donors (Lipinski definition) is 1. The lowest BCUT2D eigenvalue weighted by Crippen LogP contribution is -2.39. The minimum Gasteiger partial charge on any atom is -0.338 e. The first-order chi connectivity index (χ1) is 11.7. The average Bonchev–Trinajstić information content (AvgIpc) is 3.20. The molecule has 1 aliphatic heterocycles. The van der Waals surface area contributed by atoms with Crippen LogP contribution in [0, 0.1) is 0 Å². The molecule has 0 aromatic carbocycles. The fourth-order valence-corrected chi connectivity index (χ4v) is 3.53. The molecule has 128 valence electrons. The summed E-state index contributed by atoms with van der Waals surface area (Å²) in [5.41, 5.74) is 1.60. The monoisotopic (exact) mass is 328 g/mol. The van der Waals surface area contributed by atoms with Gasteiger partial charge < -0.3 is 4.90 Å². The van der Waals surface area contributed by atoms with Crippen LogP contribution in [0.15, 0.2) is 6.20 Å². The van der Waals surface area contributed by atoms with E-state index in [4.69, 9.17) is 0 Å². The summed E-state index contributed by atoms with van der Waals surface area (Å²) in [6.07, 6.45) is 7.06. The molecular formula is C17H24N6O. The predicted molar refractivity (Wildman–Crippen MR) is 88.8 cm³/mol. The van der Waals surface area contributed by atoms with E-state index in [0.29, 0.717) is 12.5 Å². The number of amides is 1. The van der Waals surface area contributed by atoms with Crippen molar-refractivity contribution in [1.29, 1.82) is 0 Å². The minimum atomic E-state index is 0.0857. The van der Waals surface area contributed by atoms with E-state index in [-0.39, 0.29) is 11.8 Å². The Kier molecular flexibility index (Phi) is 3.86. The molecule has 7 nitrogen and oxygen atoms in total. The number of carbonyl (C=O) groups excluding carboxylic acids is 1. The summed E-state index contributed by atoms with van der Waals surface area (Å²) < 4.78 is 1.73. The van der Waals surface area contributed by atoms with Crippen molar-refractivity contribution in [3.8, 4) is 0 Å². The number of hydrogen-bond acceptors (Lipinski definition) is 4. The van der Waals surface area contributed by atoms with E-state index in [1.807, 2.05) is 25.1 Å². The molecule has 2 fully saturated rings. The molecule has 0 spiro atoms.